The maximum Gasteiger partial charge on any atom is 0.341 e. The topological polar surface area (TPSA) is 64.6 Å². The Balaban J connectivity index is 1.71. The number of thiophene rings is 1. The van der Waals surface area contributed by atoms with Crippen molar-refractivity contribution in [2.24, 2.45) is 0 Å². The van der Waals surface area contributed by atoms with Gasteiger partial charge in [0.1, 0.15) is 16.6 Å². The molecule has 2 aromatic rings. The molecule has 0 saturated carbocycles. The highest BCUT2D eigenvalue weighted by molar-refractivity contribution is 7.17. The van der Waals surface area contributed by atoms with Crippen LogP contribution < -0.4 is 10.1 Å². The Morgan fingerprint density at radius 2 is 1.92 bits per heavy atom. The number of anilines is 1. The summed E-state index contributed by atoms with van der Waals surface area (Å²) in [6.07, 6.45) is 3.84. The molecule has 0 bridgehead atoms. The number of hydrogen-bond acceptors (Lipinski definition) is 5. The van der Waals surface area contributed by atoms with Gasteiger partial charge in [-0.25, -0.2) is 9.18 Å². The van der Waals surface area contributed by atoms with Crippen LogP contribution in [0.4, 0.5) is 9.39 Å². The first-order valence-electron chi connectivity index (χ1n) is 8.58. The molecule has 1 aromatic carbocycles. The van der Waals surface area contributed by atoms with E-state index in [1.807, 2.05) is 0 Å². The minimum atomic E-state index is -0.401. The van der Waals surface area contributed by atoms with Crippen LogP contribution in [0.15, 0.2) is 24.3 Å². The number of fused-ring (bicyclic) bond motifs is 1. The van der Waals surface area contributed by atoms with Crippen LogP contribution >= 0.6 is 11.3 Å². The fourth-order valence-electron chi connectivity index (χ4n) is 2.92. The molecule has 3 rings (SSSR count). The largest absolute Gasteiger partial charge is 0.484 e. The van der Waals surface area contributed by atoms with E-state index in [0.29, 0.717) is 16.3 Å². The predicted octanol–water partition coefficient (Wildman–Crippen LogP) is 3.96. The lowest BCUT2D eigenvalue weighted by Crippen LogP contribution is -2.21. The highest BCUT2D eigenvalue weighted by Gasteiger charge is 2.27. The Hall–Kier alpha value is -2.41. The van der Waals surface area contributed by atoms with Gasteiger partial charge in [-0.1, -0.05) is 0 Å². The highest BCUT2D eigenvalue weighted by Crippen LogP contribution is 2.38. The molecular formula is C19H20FNO4S. The van der Waals surface area contributed by atoms with Crippen LogP contribution in [-0.2, 0) is 22.4 Å². The van der Waals surface area contributed by atoms with Crippen molar-refractivity contribution in [2.75, 3.05) is 18.5 Å². The van der Waals surface area contributed by atoms with Gasteiger partial charge in [0.05, 0.1) is 12.2 Å². The van der Waals surface area contributed by atoms with E-state index in [1.165, 1.54) is 35.6 Å². The van der Waals surface area contributed by atoms with Gasteiger partial charge in [-0.05, 0) is 62.4 Å². The van der Waals surface area contributed by atoms with Crippen molar-refractivity contribution < 1.29 is 23.5 Å². The van der Waals surface area contributed by atoms with Gasteiger partial charge in [0.2, 0.25) is 0 Å². The molecule has 0 spiro atoms. The fraction of sp³-hybridized carbons (Fsp3) is 0.368. The molecule has 1 aromatic heterocycles. The van der Waals surface area contributed by atoms with E-state index in [0.717, 1.165) is 36.1 Å². The van der Waals surface area contributed by atoms with Gasteiger partial charge in [-0.3, -0.25) is 4.79 Å². The second-order valence-corrected chi connectivity index (χ2v) is 7.03. The molecule has 0 aliphatic heterocycles. The number of ether oxygens (including phenoxy) is 2. The third-order valence-electron chi connectivity index (χ3n) is 4.09. The number of esters is 1. The van der Waals surface area contributed by atoms with E-state index < -0.39 is 5.97 Å². The number of amides is 1. The average molecular weight is 377 g/mol. The van der Waals surface area contributed by atoms with Crippen LogP contribution in [0.25, 0.3) is 0 Å². The Kier molecular flexibility index (Phi) is 5.88. The molecule has 1 heterocycles. The van der Waals surface area contributed by atoms with Crippen molar-refractivity contribution in [3.8, 4) is 5.75 Å². The van der Waals surface area contributed by atoms with Gasteiger partial charge in [0, 0.05) is 4.88 Å². The number of halogens is 1. The molecule has 7 heteroatoms. The molecule has 1 amide bonds. The van der Waals surface area contributed by atoms with E-state index in [9.17, 15) is 14.0 Å². The summed E-state index contributed by atoms with van der Waals surface area (Å²) in [6, 6.07) is 5.44. The quantitative estimate of drug-likeness (QED) is 0.774. The summed E-state index contributed by atoms with van der Waals surface area (Å²) in [5.74, 6) is -0.747. The summed E-state index contributed by atoms with van der Waals surface area (Å²) in [6.45, 7) is 1.81. The number of benzene rings is 1. The first-order chi connectivity index (χ1) is 12.6. The van der Waals surface area contributed by atoms with E-state index in [4.69, 9.17) is 9.47 Å². The van der Waals surface area contributed by atoms with Crippen molar-refractivity contribution in [1.82, 2.24) is 0 Å². The molecule has 0 radical (unpaired) electrons. The molecule has 26 heavy (non-hydrogen) atoms. The molecule has 0 unspecified atom stereocenters. The molecule has 1 N–H and O–H groups in total. The maximum atomic E-state index is 12.9. The normalized spacial score (nSPS) is 13.0. The average Bonchev–Trinajstić information content (AvgIpc) is 2.99. The van der Waals surface area contributed by atoms with Crippen molar-refractivity contribution in [3.05, 3.63) is 46.1 Å². The summed E-state index contributed by atoms with van der Waals surface area (Å²) in [7, 11) is 0. The Labute approximate surface area is 155 Å². The SMILES string of the molecule is CCOC(=O)c1c(NC(=O)COc2ccc(F)cc2)sc2c1CCCC2. The Bertz CT molecular complexity index is 801. The Morgan fingerprint density at radius 3 is 2.65 bits per heavy atom. The van der Waals surface area contributed by atoms with Crippen LogP contribution in [0.3, 0.4) is 0 Å². The summed E-state index contributed by atoms with van der Waals surface area (Å²) < 4.78 is 23.4. The standard InChI is InChI=1S/C19H20FNO4S/c1-2-24-19(23)17-14-5-3-4-6-15(14)26-18(17)21-16(22)11-25-13-9-7-12(20)8-10-13/h7-10H,2-6,11H2,1H3,(H,21,22). The highest BCUT2D eigenvalue weighted by atomic mass is 32.1. The van der Waals surface area contributed by atoms with E-state index in [2.05, 4.69) is 5.32 Å². The number of nitrogens with one attached hydrogen (secondary N) is 1. The molecule has 5 nitrogen and oxygen atoms in total. The summed E-state index contributed by atoms with van der Waals surface area (Å²) in [5, 5.41) is 3.29. The van der Waals surface area contributed by atoms with E-state index >= 15 is 0 Å². The molecule has 1 aliphatic carbocycles. The van der Waals surface area contributed by atoms with Crippen molar-refractivity contribution in [3.63, 3.8) is 0 Å². The van der Waals surface area contributed by atoms with Gasteiger partial charge < -0.3 is 14.8 Å². The van der Waals surface area contributed by atoms with Gasteiger partial charge in [-0.2, -0.15) is 0 Å². The maximum absolute atomic E-state index is 12.9. The lowest BCUT2D eigenvalue weighted by molar-refractivity contribution is -0.118. The zero-order chi connectivity index (χ0) is 18.5. The molecule has 1 aliphatic rings. The summed E-state index contributed by atoms with van der Waals surface area (Å²) >= 11 is 1.43. The second kappa shape index (κ2) is 8.31. The van der Waals surface area contributed by atoms with Crippen molar-refractivity contribution in [2.45, 2.75) is 32.6 Å². The summed E-state index contributed by atoms with van der Waals surface area (Å²) in [5.41, 5.74) is 1.47. The first-order valence-corrected chi connectivity index (χ1v) is 9.40. The smallest absolute Gasteiger partial charge is 0.341 e. The van der Waals surface area contributed by atoms with Gasteiger partial charge in [0.25, 0.3) is 5.91 Å². The number of rotatable bonds is 6. The van der Waals surface area contributed by atoms with Gasteiger partial charge in [0.15, 0.2) is 6.61 Å². The third-order valence-corrected chi connectivity index (χ3v) is 5.29. The monoisotopic (exact) mass is 377 g/mol. The summed E-state index contributed by atoms with van der Waals surface area (Å²) in [4.78, 5) is 25.7. The minimum Gasteiger partial charge on any atom is -0.484 e. The molecule has 138 valence electrons. The van der Waals surface area contributed by atoms with Gasteiger partial charge >= 0.3 is 5.97 Å². The third kappa shape index (κ3) is 4.22. The predicted molar refractivity (Wildman–Crippen MR) is 97.4 cm³/mol. The van der Waals surface area contributed by atoms with Crippen molar-refractivity contribution >= 4 is 28.2 Å². The van der Waals surface area contributed by atoms with Crippen LogP contribution in [0, 0.1) is 5.82 Å². The minimum absolute atomic E-state index is 0.226. The zero-order valence-electron chi connectivity index (χ0n) is 14.5. The molecular weight excluding hydrogens is 357 g/mol. The van der Waals surface area contributed by atoms with Gasteiger partial charge in [-0.15, -0.1) is 11.3 Å². The van der Waals surface area contributed by atoms with E-state index in [1.54, 1.807) is 6.92 Å². The zero-order valence-corrected chi connectivity index (χ0v) is 15.3. The first kappa shape index (κ1) is 18.4. The molecule has 0 fully saturated rings. The van der Waals surface area contributed by atoms with Crippen LogP contribution in [0.5, 0.6) is 5.75 Å². The van der Waals surface area contributed by atoms with Crippen LogP contribution in [0.1, 0.15) is 40.6 Å². The Morgan fingerprint density at radius 1 is 1.19 bits per heavy atom. The lowest BCUT2D eigenvalue weighted by Gasteiger charge is -2.12. The fourth-order valence-corrected chi connectivity index (χ4v) is 4.21. The van der Waals surface area contributed by atoms with E-state index in [-0.39, 0.29) is 24.9 Å². The lowest BCUT2D eigenvalue weighted by atomic mass is 9.95. The number of aryl methyl sites for hydroxylation is 1. The number of hydrogen-bond donors (Lipinski definition) is 1. The van der Waals surface area contributed by atoms with Crippen LogP contribution in [-0.4, -0.2) is 25.1 Å². The van der Waals surface area contributed by atoms with Crippen LogP contribution in [0.2, 0.25) is 0 Å². The second-order valence-electron chi connectivity index (χ2n) is 5.93. The number of carbonyl (C=O) groups is 2. The molecule has 0 saturated heterocycles. The number of carbonyl (C=O) groups excluding carboxylic acids is 2. The van der Waals surface area contributed by atoms with Crippen molar-refractivity contribution in [1.29, 1.82) is 0 Å². The molecule has 0 atom stereocenters.